The maximum atomic E-state index is 14.0. The molecule has 0 unspecified atom stereocenters. The number of sulfone groups is 1. The summed E-state index contributed by atoms with van der Waals surface area (Å²) in [6, 6.07) is 14.2. The third-order valence-electron chi connectivity index (χ3n) is 3.08. The summed E-state index contributed by atoms with van der Waals surface area (Å²) >= 11 is 1.48. The van der Waals surface area contributed by atoms with E-state index in [0.717, 1.165) is 16.2 Å². The smallest absolute Gasteiger partial charge is 0.183 e. The van der Waals surface area contributed by atoms with Gasteiger partial charge in [0.15, 0.2) is 9.84 Å². The Bertz CT molecular complexity index is 710. The predicted molar refractivity (Wildman–Crippen MR) is 84.7 cm³/mol. The first-order valence-electron chi connectivity index (χ1n) is 6.61. The molecule has 21 heavy (non-hydrogen) atoms. The van der Waals surface area contributed by atoms with Gasteiger partial charge in [-0.2, -0.15) is 0 Å². The van der Waals surface area contributed by atoms with Crippen LogP contribution >= 0.6 is 11.8 Å². The van der Waals surface area contributed by atoms with Crippen molar-refractivity contribution in [3.05, 3.63) is 59.9 Å². The Morgan fingerprint density at radius 2 is 1.76 bits per heavy atom. The Balaban J connectivity index is 2.16. The van der Waals surface area contributed by atoms with E-state index < -0.39 is 20.9 Å². The monoisotopic (exact) mass is 324 g/mol. The first kappa shape index (κ1) is 16.0. The maximum Gasteiger partial charge on any atom is 0.183 e. The lowest BCUT2D eigenvalue weighted by Crippen LogP contribution is -2.15. The summed E-state index contributed by atoms with van der Waals surface area (Å²) in [5, 5.41) is -0.630. The lowest BCUT2D eigenvalue weighted by atomic mass is 10.2. The first-order valence-corrected chi connectivity index (χ1v) is 9.14. The van der Waals surface area contributed by atoms with Gasteiger partial charge in [0.2, 0.25) is 0 Å². The van der Waals surface area contributed by atoms with Crippen molar-refractivity contribution in [2.75, 3.05) is 0 Å². The second kappa shape index (κ2) is 6.62. The Morgan fingerprint density at radius 3 is 2.33 bits per heavy atom. The minimum atomic E-state index is -3.58. The summed E-state index contributed by atoms with van der Waals surface area (Å²) < 4.78 is 38.0. The molecule has 0 radical (unpaired) electrons. The van der Waals surface area contributed by atoms with Crippen molar-refractivity contribution in [1.82, 2.24) is 0 Å². The van der Waals surface area contributed by atoms with Gasteiger partial charge in [-0.15, -0.1) is 11.8 Å². The predicted octanol–water partition coefficient (Wildman–Crippen LogP) is 4.30. The summed E-state index contributed by atoms with van der Waals surface area (Å²) in [4.78, 5) is 0.501. The fraction of sp³-hybridized carbons (Fsp3) is 0.250. The molecule has 0 N–H and O–H groups in total. The molecule has 0 spiro atoms. The van der Waals surface area contributed by atoms with Gasteiger partial charge >= 0.3 is 0 Å². The number of hydrogen-bond acceptors (Lipinski definition) is 3. The third kappa shape index (κ3) is 3.86. The van der Waals surface area contributed by atoms with Gasteiger partial charge in [0, 0.05) is 10.6 Å². The van der Waals surface area contributed by atoms with E-state index in [0.29, 0.717) is 0 Å². The van der Waals surface area contributed by atoms with Crippen LogP contribution in [0.5, 0.6) is 0 Å². The number of hydrogen-bond donors (Lipinski definition) is 0. The lowest BCUT2D eigenvalue weighted by Gasteiger charge is -2.10. The van der Waals surface area contributed by atoms with E-state index in [9.17, 15) is 12.8 Å². The molecule has 0 aliphatic rings. The molecule has 0 atom stereocenters. The molecule has 112 valence electrons. The summed E-state index contributed by atoms with van der Waals surface area (Å²) in [6.07, 6.45) is 0. The van der Waals surface area contributed by atoms with Crippen LogP contribution in [0.1, 0.15) is 19.4 Å². The quantitative estimate of drug-likeness (QED) is 0.769. The van der Waals surface area contributed by atoms with Crippen LogP contribution in [-0.4, -0.2) is 13.7 Å². The van der Waals surface area contributed by atoms with Crippen molar-refractivity contribution in [1.29, 1.82) is 0 Å². The average Bonchev–Trinajstić information content (AvgIpc) is 2.46. The lowest BCUT2D eigenvalue weighted by molar-refractivity contribution is 0.559. The minimum absolute atomic E-state index is 0.221. The zero-order valence-electron chi connectivity index (χ0n) is 11.9. The molecular formula is C16H17FO2S2. The van der Waals surface area contributed by atoms with E-state index in [2.05, 4.69) is 0 Å². The van der Waals surface area contributed by atoms with E-state index in [1.54, 1.807) is 19.9 Å². The molecule has 0 bridgehead atoms. The van der Waals surface area contributed by atoms with Crippen LogP contribution in [0.15, 0.2) is 58.3 Å². The van der Waals surface area contributed by atoms with Gasteiger partial charge in [0.1, 0.15) is 10.7 Å². The van der Waals surface area contributed by atoms with Crippen LogP contribution in [0.25, 0.3) is 0 Å². The molecule has 5 heteroatoms. The SMILES string of the molecule is CC(C)S(=O)(=O)c1ccc(SCc2ccccc2)cc1F. The summed E-state index contributed by atoms with van der Waals surface area (Å²) in [5.41, 5.74) is 1.14. The van der Waals surface area contributed by atoms with Crippen molar-refractivity contribution in [2.45, 2.75) is 34.6 Å². The molecule has 0 amide bonds. The van der Waals surface area contributed by atoms with E-state index in [1.807, 2.05) is 30.3 Å². The number of benzene rings is 2. The Labute approximate surface area is 129 Å². The summed E-state index contributed by atoms with van der Waals surface area (Å²) in [7, 11) is -3.58. The molecule has 0 aliphatic heterocycles. The number of thioether (sulfide) groups is 1. The van der Waals surface area contributed by atoms with E-state index >= 15 is 0 Å². The molecule has 2 rings (SSSR count). The Kier molecular flexibility index (Phi) is 5.06. The summed E-state index contributed by atoms with van der Waals surface area (Å²) in [5.74, 6) is 0.0399. The fourth-order valence-corrected chi connectivity index (χ4v) is 3.77. The van der Waals surface area contributed by atoms with Gasteiger partial charge in [0.05, 0.1) is 5.25 Å². The van der Waals surface area contributed by atoms with Crippen molar-refractivity contribution < 1.29 is 12.8 Å². The van der Waals surface area contributed by atoms with E-state index in [-0.39, 0.29) is 4.90 Å². The zero-order chi connectivity index (χ0) is 15.5. The van der Waals surface area contributed by atoms with Crippen molar-refractivity contribution in [2.24, 2.45) is 0 Å². The second-order valence-electron chi connectivity index (χ2n) is 4.96. The van der Waals surface area contributed by atoms with Crippen LogP contribution in [0.4, 0.5) is 4.39 Å². The van der Waals surface area contributed by atoms with Crippen molar-refractivity contribution in [3.8, 4) is 0 Å². The van der Waals surface area contributed by atoms with E-state index in [1.165, 1.54) is 23.9 Å². The van der Waals surface area contributed by atoms with Crippen LogP contribution in [0, 0.1) is 5.82 Å². The molecule has 0 heterocycles. The highest BCUT2D eigenvalue weighted by molar-refractivity contribution is 7.98. The fourth-order valence-electron chi connectivity index (χ4n) is 1.80. The minimum Gasteiger partial charge on any atom is -0.223 e. The Morgan fingerprint density at radius 1 is 1.10 bits per heavy atom. The molecule has 0 aromatic heterocycles. The van der Waals surface area contributed by atoms with Gasteiger partial charge in [-0.25, -0.2) is 12.8 Å². The molecule has 0 aliphatic carbocycles. The van der Waals surface area contributed by atoms with Crippen LogP contribution in [-0.2, 0) is 15.6 Å². The van der Waals surface area contributed by atoms with E-state index in [4.69, 9.17) is 0 Å². The van der Waals surface area contributed by atoms with Crippen LogP contribution in [0.2, 0.25) is 0 Å². The molecule has 0 fully saturated rings. The highest BCUT2D eigenvalue weighted by Crippen LogP contribution is 2.27. The normalized spacial score (nSPS) is 11.8. The van der Waals surface area contributed by atoms with Gasteiger partial charge in [-0.3, -0.25) is 0 Å². The molecule has 2 nitrogen and oxygen atoms in total. The standard InChI is InChI=1S/C16H17FO2S2/c1-12(2)21(18,19)16-9-8-14(10-15(16)17)20-11-13-6-4-3-5-7-13/h3-10,12H,11H2,1-2H3. The average molecular weight is 324 g/mol. The maximum absolute atomic E-state index is 14.0. The highest BCUT2D eigenvalue weighted by atomic mass is 32.2. The number of halogens is 1. The van der Waals surface area contributed by atoms with Gasteiger partial charge in [0.25, 0.3) is 0 Å². The highest BCUT2D eigenvalue weighted by Gasteiger charge is 2.23. The molecule has 0 saturated carbocycles. The molecule has 2 aromatic rings. The molecule has 0 saturated heterocycles. The Hall–Kier alpha value is -1.33. The topological polar surface area (TPSA) is 34.1 Å². The third-order valence-corrected chi connectivity index (χ3v) is 6.33. The molecule has 2 aromatic carbocycles. The first-order chi connectivity index (χ1) is 9.91. The van der Waals surface area contributed by atoms with Gasteiger partial charge < -0.3 is 0 Å². The second-order valence-corrected chi connectivity index (χ2v) is 8.48. The molecular weight excluding hydrogens is 307 g/mol. The van der Waals surface area contributed by atoms with Crippen LogP contribution in [0.3, 0.4) is 0 Å². The zero-order valence-corrected chi connectivity index (χ0v) is 13.5. The van der Waals surface area contributed by atoms with Gasteiger partial charge in [-0.05, 0) is 37.6 Å². The number of rotatable bonds is 5. The summed E-state index contributed by atoms with van der Waals surface area (Å²) in [6.45, 7) is 3.10. The van der Waals surface area contributed by atoms with Crippen molar-refractivity contribution in [3.63, 3.8) is 0 Å². The van der Waals surface area contributed by atoms with Gasteiger partial charge in [-0.1, -0.05) is 30.3 Å². The largest absolute Gasteiger partial charge is 0.223 e. The van der Waals surface area contributed by atoms with Crippen LogP contribution < -0.4 is 0 Å². The van der Waals surface area contributed by atoms with Crippen molar-refractivity contribution >= 4 is 21.6 Å².